The molecule has 2 aromatic rings. The third kappa shape index (κ3) is 2.76. The van der Waals surface area contributed by atoms with Gasteiger partial charge in [-0.2, -0.15) is 0 Å². The summed E-state index contributed by atoms with van der Waals surface area (Å²) in [6.07, 6.45) is 0.832. The second-order valence-corrected chi connectivity index (χ2v) is 6.58. The number of halogens is 1. The normalized spacial score (nSPS) is 16.8. The maximum Gasteiger partial charge on any atom is 0.150 e. The van der Waals surface area contributed by atoms with Crippen LogP contribution in [0.15, 0.2) is 51.8 Å². The molecule has 102 valence electrons. The molecule has 0 aromatic heterocycles. The average molecular weight is 349 g/mol. The Labute approximate surface area is 130 Å². The Morgan fingerprint density at radius 2 is 2.15 bits per heavy atom. The van der Waals surface area contributed by atoms with Crippen LogP contribution in [0.4, 0.5) is 0 Å². The van der Waals surface area contributed by atoms with Gasteiger partial charge in [0.05, 0.1) is 11.1 Å². The number of aldehydes is 1. The summed E-state index contributed by atoms with van der Waals surface area (Å²) in [5.41, 5.74) is 2.02. The van der Waals surface area contributed by atoms with E-state index in [1.807, 2.05) is 17.8 Å². The highest BCUT2D eigenvalue weighted by molar-refractivity contribution is 9.10. The molecule has 0 spiro atoms. The van der Waals surface area contributed by atoms with Crippen molar-refractivity contribution in [1.82, 2.24) is 0 Å². The van der Waals surface area contributed by atoms with Crippen LogP contribution in [-0.4, -0.2) is 18.6 Å². The number of carbonyl (C=O) groups excluding carboxylic acids is 1. The third-order valence-electron chi connectivity index (χ3n) is 3.33. The van der Waals surface area contributed by atoms with E-state index in [-0.39, 0.29) is 0 Å². The Hall–Kier alpha value is -1.26. The van der Waals surface area contributed by atoms with Gasteiger partial charge in [0, 0.05) is 22.1 Å². The standard InChI is InChI=1S/C16H13BrO2S/c17-14-7-11(8-18)5-6-15(14)19-9-12-10-20-16-4-2-1-3-13(12)16/h1-8,12H,9-10H2. The minimum Gasteiger partial charge on any atom is -0.492 e. The van der Waals surface area contributed by atoms with Crippen LogP contribution in [0.2, 0.25) is 0 Å². The Bertz CT molecular complexity index is 642. The van der Waals surface area contributed by atoms with Crippen LogP contribution < -0.4 is 4.74 Å². The van der Waals surface area contributed by atoms with Crippen LogP contribution in [0.1, 0.15) is 21.8 Å². The lowest BCUT2D eigenvalue weighted by Crippen LogP contribution is -2.10. The molecule has 0 amide bonds. The quantitative estimate of drug-likeness (QED) is 0.759. The first-order valence-electron chi connectivity index (χ1n) is 6.37. The lowest BCUT2D eigenvalue weighted by Gasteiger charge is -2.13. The number of ether oxygens (including phenoxy) is 1. The van der Waals surface area contributed by atoms with E-state index in [1.54, 1.807) is 12.1 Å². The molecule has 0 bridgehead atoms. The molecule has 0 saturated heterocycles. The van der Waals surface area contributed by atoms with Crippen LogP contribution in [-0.2, 0) is 0 Å². The second kappa shape index (κ2) is 6.02. The van der Waals surface area contributed by atoms with Gasteiger partial charge in [-0.1, -0.05) is 18.2 Å². The van der Waals surface area contributed by atoms with Gasteiger partial charge in [-0.15, -0.1) is 11.8 Å². The highest BCUT2D eigenvalue weighted by Crippen LogP contribution is 2.39. The molecular formula is C16H13BrO2S. The molecule has 0 radical (unpaired) electrons. The summed E-state index contributed by atoms with van der Waals surface area (Å²) in [5.74, 6) is 2.27. The molecule has 1 aliphatic heterocycles. The number of carbonyl (C=O) groups is 1. The smallest absolute Gasteiger partial charge is 0.150 e. The van der Waals surface area contributed by atoms with Crippen molar-refractivity contribution in [2.24, 2.45) is 0 Å². The van der Waals surface area contributed by atoms with Gasteiger partial charge in [0.2, 0.25) is 0 Å². The Morgan fingerprint density at radius 1 is 1.30 bits per heavy atom. The van der Waals surface area contributed by atoms with E-state index in [9.17, 15) is 4.79 Å². The van der Waals surface area contributed by atoms with Crippen molar-refractivity contribution in [2.75, 3.05) is 12.4 Å². The summed E-state index contributed by atoms with van der Waals surface area (Å²) in [5, 5.41) is 0. The molecule has 1 unspecified atom stereocenters. The van der Waals surface area contributed by atoms with Gasteiger partial charge in [0.25, 0.3) is 0 Å². The van der Waals surface area contributed by atoms with Gasteiger partial charge >= 0.3 is 0 Å². The van der Waals surface area contributed by atoms with Gasteiger partial charge in [0.15, 0.2) is 0 Å². The number of benzene rings is 2. The van der Waals surface area contributed by atoms with Gasteiger partial charge < -0.3 is 4.74 Å². The Morgan fingerprint density at radius 3 is 2.95 bits per heavy atom. The van der Waals surface area contributed by atoms with Crippen molar-refractivity contribution >= 4 is 34.0 Å². The van der Waals surface area contributed by atoms with Crippen molar-refractivity contribution < 1.29 is 9.53 Å². The minimum absolute atomic E-state index is 0.425. The van der Waals surface area contributed by atoms with E-state index in [4.69, 9.17) is 4.74 Å². The highest BCUT2D eigenvalue weighted by Gasteiger charge is 2.23. The van der Waals surface area contributed by atoms with Crippen molar-refractivity contribution in [3.63, 3.8) is 0 Å². The fourth-order valence-electron chi connectivity index (χ4n) is 2.27. The van der Waals surface area contributed by atoms with Crippen molar-refractivity contribution in [3.8, 4) is 5.75 Å². The van der Waals surface area contributed by atoms with Gasteiger partial charge in [-0.25, -0.2) is 0 Å². The van der Waals surface area contributed by atoms with Crippen molar-refractivity contribution in [3.05, 3.63) is 58.1 Å². The molecule has 0 aliphatic carbocycles. The SMILES string of the molecule is O=Cc1ccc(OCC2CSc3ccccc32)c(Br)c1. The Kier molecular flexibility index (Phi) is 4.13. The molecular weight excluding hydrogens is 336 g/mol. The number of fused-ring (bicyclic) bond motifs is 1. The van der Waals surface area contributed by atoms with E-state index in [0.29, 0.717) is 18.1 Å². The topological polar surface area (TPSA) is 26.3 Å². The first kappa shape index (κ1) is 13.7. The summed E-state index contributed by atoms with van der Waals surface area (Å²) in [6.45, 7) is 0.656. The number of rotatable bonds is 4. The number of thioether (sulfide) groups is 1. The number of hydrogen-bond acceptors (Lipinski definition) is 3. The zero-order valence-corrected chi connectivity index (χ0v) is 13.1. The third-order valence-corrected chi connectivity index (χ3v) is 5.20. The summed E-state index contributed by atoms with van der Waals surface area (Å²) >= 11 is 5.32. The number of hydrogen-bond donors (Lipinski definition) is 0. The fourth-order valence-corrected chi connectivity index (χ4v) is 4.01. The first-order chi connectivity index (χ1) is 9.78. The monoisotopic (exact) mass is 348 g/mol. The zero-order chi connectivity index (χ0) is 13.9. The summed E-state index contributed by atoms with van der Waals surface area (Å²) in [6, 6.07) is 13.9. The van der Waals surface area contributed by atoms with Crippen LogP contribution in [0, 0.1) is 0 Å². The van der Waals surface area contributed by atoms with E-state index in [2.05, 4.69) is 40.2 Å². The van der Waals surface area contributed by atoms with E-state index in [1.165, 1.54) is 10.5 Å². The van der Waals surface area contributed by atoms with E-state index < -0.39 is 0 Å². The summed E-state index contributed by atoms with van der Waals surface area (Å²) in [7, 11) is 0. The molecule has 20 heavy (non-hydrogen) atoms. The molecule has 0 N–H and O–H groups in total. The molecule has 2 aromatic carbocycles. The van der Waals surface area contributed by atoms with E-state index >= 15 is 0 Å². The maximum atomic E-state index is 10.7. The minimum atomic E-state index is 0.425. The first-order valence-corrected chi connectivity index (χ1v) is 8.15. The Balaban J connectivity index is 1.70. The van der Waals surface area contributed by atoms with Gasteiger partial charge in [-0.3, -0.25) is 4.79 Å². The molecule has 1 atom stereocenters. The molecule has 3 rings (SSSR count). The average Bonchev–Trinajstić information content (AvgIpc) is 2.89. The lowest BCUT2D eigenvalue weighted by atomic mass is 10.0. The van der Waals surface area contributed by atoms with Crippen molar-refractivity contribution in [1.29, 1.82) is 0 Å². The maximum absolute atomic E-state index is 10.7. The molecule has 1 aliphatic rings. The lowest BCUT2D eigenvalue weighted by molar-refractivity contribution is 0.112. The summed E-state index contributed by atoms with van der Waals surface area (Å²) in [4.78, 5) is 12.1. The van der Waals surface area contributed by atoms with Crippen LogP contribution in [0.5, 0.6) is 5.75 Å². The zero-order valence-electron chi connectivity index (χ0n) is 10.7. The highest BCUT2D eigenvalue weighted by atomic mass is 79.9. The van der Waals surface area contributed by atoms with Gasteiger partial charge in [-0.05, 0) is 45.8 Å². The summed E-state index contributed by atoms with van der Waals surface area (Å²) < 4.78 is 6.72. The largest absolute Gasteiger partial charge is 0.492 e. The fraction of sp³-hybridized carbons (Fsp3) is 0.188. The predicted molar refractivity (Wildman–Crippen MR) is 84.9 cm³/mol. The second-order valence-electron chi connectivity index (χ2n) is 4.66. The van der Waals surface area contributed by atoms with E-state index in [0.717, 1.165) is 22.3 Å². The molecule has 1 heterocycles. The predicted octanol–water partition coefficient (Wildman–Crippen LogP) is 4.53. The molecule has 0 saturated carbocycles. The van der Waals surface area contributed by atoms with Gasteiger partial charge in [0.1, 0.15) is 12.0 Å². The molecule has 0 fully saturated rings. The molecule has 2 nitrogen and oxygen atoms in total. The van der Waals surface area contributed by atoms with Crippen LogP contribution >= 0.6 is 27.7 Å². The van der Waals surface area contributed by atoms with Crippen LogP contribution in [0.3, 0.4) is 0 Å². The van der Waals surface area contributed by atoms with Crippen LogP contribution in [0.25, 0.3) is 0 Å². The molecule has 4 heteroatoms. The van der Waals surface area contributed by atoms with Crippen molar-refractivity contribution in [2.45, 2.75) is 10.8 Å².